The second-order valence-corrected chi connectivity index (χ2v) is 3.46. The van der Waals surface area contributed by atoms with E-state index >= 15 is 0 Å². The van der Waals surface area contributed by atoms with E-state index in [1.54, 1.807) is 6.92 Å². The first-order valence-electron chi connectivity index (χ1n) is 3.35. The molecule has 0 unspecified atom stereocenters. The van der Waals surface area contributed by atoms with E-state index in [0.717, 1.165) is 6.29 Å². The van der Waals surface area contributed by atoms with E-state index < -0.39 is 0 Å². The van der Waals surface area contributed by atoms with Crippen molar-refractivity contribution in [3.63, 3.8) is 0 Å². The van der Waals surface area contributed by atoms with Gasteiger partial charge in [-0.1, -0.05) is 20.8 Å². The molecule has 0 spiro atoms. The highest BCUT2D eigenvalue weighted by atomic mass is 16.1. The minimum Gasteiger partial charge on any atom is -0.298 e. The first kappa shape index (κ1) is 9.19. The zero-order valence-electron chi connectivity index (χ0n) is 7.06. The molecule has 0 heterocycles. The highest BCUT2D eigenvalue weighted by Crippen LogP contribution is 2.13. The van der Waals surface area contributed by atoms with Crippen molar-refractivity contribution in [2.24, 2.45) is 5.41 Å². The van der Waals surface area contributed by atoms with Crippen LogP contribution in [0.25, 0.3) is 0 Å². The summed E-state index contributed by atoms with van der Waals surface area (Å²) < 4.78 is 0. The first-order chi connectivity index (χ1) is 4.45. The predicted octanol–water partition coefficient (Wildman–Crippen LogP) is 2.33. The molecule has 0 saturated heterocycles. The number of carbonyl (C=O) groups is 1. The molecule has 0 amide bonds. The fourth-order valence-electron chi connectivity index (χ4n) is 0.364. The van der Waals surface area contributed by atoms with E-state index in [1.807, 2.05) is 6.08 Å². The SMILES string of the molecule is CC(=C=CC(C)(C)C)C=O. The van der Waals surface area contributed by atoms with Crippen molar-refractivity contribution in [2.45, 2.75) is 27.7 Å². The molecule has 0 aliphatic rings. The zero-order valence-corrected chi connectivity index (χ0v) is 7.06. The van der Waals surface area contributed by atoms with Crippen LogP contribution in [-0.2, 0) is 4.79 Å². The fourth-order valence-corrected chi connectivity index (χ4v) is 0.364. The molecule has 0 rings (SSSR count). The van der Waals surface area contributed by atoms with Crippen molar-refractivity contribution in [3.05, 3.63) is 17.4 Å². The van der Waals surface area contributed by atoms with Gasteiger partial charge in [0.05, 0.1) is 0 Å². The highest BCUT2D eigenvalue weighted by molar-refractivity contribution is 5.71. The van der Waals surface area contributed by atoms with Crippen molar-refractivity contribution in [2.75, 3.05) is 0 Å². The number of aldehydes is 1. The van der Waals surface area contributed by atoms with Gasteiger partial charge in [-0.2, -0.15) is 0 Å². The Kier molecular flexibility index (Phi) is 3.11. The Morgan fingerprint density at radius 3 is 2.20 bits per heavy atom. The van der Waals surface area contributed by atoms with Gasteiger partial charge < -0.3 is 0 Å². The molecule has 1 nitrogen and oxygen atoms in total. The third-order valence-corrected chi connectivity index (χ3v) is 0.910. The average molecular weight is 138 g/mol. The zero-order chi connectivity index (χ0) is 8.20. The Hall–Kier alpha value is -0.810. The Balaban J connectivity index is 4.37. The first-order valence-corrected chi connectivity index (χ1v) is 3.35. The average Bonchev–Trinajstić information content (AvgIpc) is 1.81. The topological polar surface area (TPSA) is 17.1 Å². The molecule has 0 radical (unpaired) electrons. The molecule has 0 atom stereocenters. The van der Waals surface area contributed by atoms with Crippen molar-refractivity contribution >= 4 is 6.29 Å². The van der Waals surface area contributed by atoms with Gasteiger partial charge in [0.2, 0.25) is 0 Å². The molecular weight excluding hydrogens is 124 g/mol. The number of carbonyl (C=O) groups excluding carboxylic acids is 1. The van der Waals surface area contributed by atoms with Crippen LogP contribution in [0.2, 0.25) is 0 Å². The summed E-state index contributed by atoms with van der Waals surface area (Å²) in [5.74, 6) is 0. The summed E-state index contributed by atoms with van der Waals surface area (Å²) in [6, 6.07) is 0. The second kappa shape index (κ2) is 3.38. The lowest BCUT2D eigenvalue weighted by Gasteiger charge is -2.08. The molecule has 0 aromatic carbocycles. The minimum absolute atomic E-state index is 0.115. The Morgan fingerprint density at radius 1 is 1.40 bits per heavy atom. The number of hydrogen-bond donors (Lipinski definition) is 0. The van der Waals surface area contributed by atoms with E-state index in [0.29, 0.717) is 5.57 Å². The van der Waals surface area contributed by atoms with Crippen LogP contribution in [0.1, 0.15) is 27.7 Å². The molecule has 0 N–H and O–H groups in total. The summed E-state index contributed by atoms with van der Waals surface area (Å²) in [6.45, 7) is 7.95. The molecule has 0 saturated carbocycles. The van der Waals surface area contributed by atoms with Crippen molar-refractivity contribution in [3.8, 4) is 0 Å². The van der Waals surface area contributed by atoms with E-state index in [4.69, 9.17) is 0 Å². The largest absolute Gasteiger partial charge is 0.298 e. The summed E-state index contributed by atoms with van der Waals surface area (Å²) >= 11 is 0. The van der Waals surface area contributed by atoms with Gasteiger partial charge in [0.1, 0.15) is 0 Å². The second-order valence-electron chi connectivity index (χ2n) is 3.46. The summed E-state index contributed by atoms with van der Waals surface area (Å²) in [5.41, 5.74) is 3.66. The van der Waals surface area contributed by atoms with Crippen molar-refractivity contribution < 1.29 is 4.79 Å². The normalized spacial score (nSPS) is 10.0. The molecule has 0 aliphatic carbocycles. The van der Waals surface area contributed by atoms with E-state index in [-0.39, 0.29) is 5.41 Å². The van der Waals surface area contributed by atoms with Crippen LogP contribution < -0.4 is 0 Å². The van der Waals surface area contributed by atoms with Gasteiger partial charge in [-0.15, -0.1) is 5.73 Å². The molecular formula is C9H14O. The van der Waals surface area contributed by atoms with Gasteiger partial charge in [0.25, 0.3) is 0 Å². The maximum absolute atomic E-state index is 10.1. The fraction of sp³-hybridized carbons (Fsp3) is 0.556. The smallest absolute Gasteiger partial charge is 0.153 e. The standard InChI is InChI=1S/C9H14O/c1-8(7-10)5-6-9(2,3)4/h6-7H,1-4H3. The van der Waals surface area contributed by atoms with Gasteiger partial charge >= 0.3 is 0 Å². The lowest BCUT2D eigenvalue weighted by Crippen LogP contribution is -1.97. The summed E-state index contributed by atoms with van der Waals surface area (Å²) in [4.78, 5) is 10.1. The van der Waals surface area contributed by atoms with Crippen LogP contribution in [0.3, 0.4) is 0 Å². The molecule has 10 heavy (non-hydrogen) atoms. The van der Waals surface area contributed by atoms with Crippen LogP contribution in [0, 0.1) is 5.41 Å². The van der Waals surface area contributed by atoms with Gasteiger partial charge in [-0.3, -0.25) is 4.79 Å². The Labute approximate surface area is 62.4 Å². The van der Waals surface area contributed by atoms with E-state index in [2.05, 4.69) is 26.5 Å². The quantitative estimate of drug-likeness (QED) is 0.309. The maximum Gasteiger partial charge on any atom is 0.153 e. The van der Waals surface area contributed by atoms with E-state index in [1.165, 1.54) is 0 Å². The lowest BCUT2D eigenvalue weighted by molar-refractivity contribution is -0.104. The Bertz CT molecular complexity index is 175. The van der Waals surface area contributed by atoms with Gasteiger partial charge in [0, 0.05) is 5.57 Å². The van der Waals surface area contributed by atoms with Crippen LogP contribution >= 0.6 is 0 Å². The van der Waals surface area contributed by atoms with Gasteiger partial charge in [-0.05, 0) is 18.4 Å². The van der Waals surface area contributed by atoms with Gasteiger partial charge in [0.15, 0.2) is 6.29 Å². The summed E-state index contributed by atoms with van der Waals surface area (Å²) in [5, 5.41) is 0. The third-order valence-electron chi connectivity index (χ3n) is 0.910. The van der Waals surface area contributed by atoms with Crippen molar-refractivity contribution in [1.82, 2.24) is 0 Å². The van der Waals surface area contributed by atoms with E-state index in [9.17, 15) is 4.79 Å². The highest BCUT2D eigenvalue weighted by Gasteiger charge is 2.02. The van der Waals surface area contributed by atoms with Crippen LogP contribution in [0.4, 0.5) is 0 Å². The van der Waals surface area contributed by atoms with Crippen LogP contribution in [0.15, 0.2) is 17.4 Å². The monoisotopic (exact) mass is 138 g/mol. The Morgan fingerprint density at radius 2 is 1.90 bits per heavy atom. The molecule has 0 aromatic rings. The summed E-state index contributed by atoms with van der Waals surface area (Å²) in [7, 11) is 0. The van der Waals surface area contributed by atoms with Crippen molar-refractivity contribution in [1.29, 1.82) is 0 Å². The predicted molar refractivity (Wildman–Crippen MR) is 42.8 cm³/mol. The number of hydrogen-bond acceptors (Lipinski definition) is 1. The molecule has 0 bridgehead atoms. The number of allylic oxidation sites excluding steroid dienone is 1. The molecule has 0 aliphatic heterocycles. The van der Waals surface area contributed by atoms with Crippen LogP contribution in [-0.4, -0.2) is 6.29 Å². The molecule has 0 aromatic heterocycles. The third kappa shape index (κ3) is 5.33. The van der Waals surface area contributed by atoms with Gasteiger partial charge in [-0.25, -0.2) is 0 Å². The molecule has 0 fully saturated rings. The number of rotatable bonds is 1. The minimum atomic E-state index is 0.115. The maximum atomic E-state index is 10.1. The lowest BCUT2D eigenvalue weighted by atomic mass is 9.97. The molecule has 1 heteroatoms. The molecule has 56 valence electrons. The summed E-state index contributed by atoms with van der Waals surface area (Å²) in [6.07, 6.45) is 2.71. The van der Waals surface area contributed by atoms with Crippen LogP contribution in [0.5, 0.6) is 0 Å².